The van der Waals surface area contributed by atoms with Crippen LogP contribution in [0.1, 0.15) is 5.56 Å². The number of halogens is 1. The highest BCUT2D eigenvalue weighted by Crippen LogP contribution is 2.38. The molecule has 0 amide bonds. The Hall–Kier alpha value is -3.01. The average Bonchev–Trinajstić information content (AvgIpc) is 2.63. The molecule has 3 aromatic rings. The summed E-state index contributed by atoms with van der Waals surface area (Å²) >= 11 is 0. The molecule has 25 heavy (non-hydrogen) atoms. The molecule has 4 heteroatoms. The summed E-state index contributed by atoms with van der Waals surface area (Å²) in [6.45, 7) is 2.04. The molecule has 0 aliphatic heterocycles. The highest BCUT2D eigenvalue weighted by molar-refractivity contribution is 5.78. The molecule has 0 unspecified atom stereocenters. The van der Waals surface area contributed by atoms with Crippen LogP contribution in [0.4, 0.5) is 21.5 Å². The molecule has 3 aromatic carbocycles. The molecular formula is C21H20FNO2. The van der Waals surface area contributed by atoms with E-state index in [1.807, 2.05) is 48.2 Å². The zero-order valence-corrected chi connectivity index (χ0v) is 14.5. The van der Waals surface area contributed by atoms with Gasteiger partial charge in [0.25, 0.3) is 0 Å². The van der Waals surface area contributed by atoms with E-state index in [9.17, 15) is 4.39 Å². The molecule has 0 atom stereocenters. The number of anilines is 3. The van der Waals surface area contributed by atoms with Crippen molar-refractivity contribution in [2.24, 2.45) is 0 Å². The number of aryl methyl sites for hydroxylation is 1. The van der Waals surface area contributed by atoms with Gasteiger partial charge in [-0.1, -0.05) is 12.1 Å². The van der Waals surface area contributed by atoms with Crippen molar-refractivity contribution < 1.29 is 13.9 Å². The monoisotopic (exact) mass is 337 g/mol. The van der Waals surface area contributed by atoms with Gasteiger partial charge in [0.05, 0.1) is 19.9 Å². The van der Waals surface area contributed by atoms with Gasteiger partial charge in [-0.15, -0.1) is 0 Å². The minimum Gasteiger partial charge on any atom is -0.497 e. The fourth-order valence-corrected chi connectivity index (χ4v) is 2.73. The molecule has 0 aliphatic carbocycles. The molecule has 0 saturated carbocycles. The topological polar surface area (TPSA) is 21.7 Å². The fraction of sp³-hybridized carbons (Fsp3) is 0.143. The summed E-state index contributed by atoms with van der Waals surface area (Å²) in [6.07, 6.45) is 0. The zero-order valence-electron chi connectivity index (χ0n) is 14.5. The van der Waals surface area contributed by atoms with Crippen LogP contribution in [0, 0.1) is 12.7 Å². The molecule has 128 valence electrons. The van der Waals surface area contributed by atoms with E-state index in [-0.39, 0.29) is 5.82 Å². The van der Waals surface area contributed by atoms with Crippen LogP contribution < -0.4 is 14.4 Å². The highest BCUT2D eigenvalue weighted by atomic mass is 19.1. The summed E-state index contributed by atoms with van der Waals surface area (Å²) < 4.78 is 24.2. The Balaban J connectivity index is 2.19. The van der Waals surface area contributed by atoms with Crippen molar-refractivity contribution in [1.29, 1.82) is 0 Å². The second kappa shape index (κ2) is 7.26. The molecule has 0 fully saturated rings. The first kappa shape index (κ1) is 16.8. The minimum atomic E-state index is -0.267. The number of rotatable bonds is 5. The van der Waals surface area contributed by atoms with Crippen molar-refractivity contribution in [1.82, 2.24) is 0 Å². The van der Waals surface area contributed by atoms with Crippen LogP contribution in [-0.4, -0.2) is 14.2 Å². The quantitative estimate of drug-likeness (QED) is 0.603. The van der Waals surface area contributed by atoms with Gasteiger partial charge in [-0.05, 0) is 48.9 Å². The van der Waals surface area contributed by atoms with Crippen LogP contribution in [0.5, 0.6) is 11.5 Å². The molecule has 0 aromatic heterocycles. The van der Waals surface area contributed by atoms with Gasteiger partial charge in [0.15, 0.2) is 0 Å². The summed E-state index contributed by atoms with van der Waals surface area (Å²) in [5, 5.41) is 0. The number of benzene rings is 3. The van der Waals surface area contributed by atoms with Gasteiger partial charge in [0, 0.05) is 29.6 Å². The Morgan fingerprint density at radius 2 is 1.36 bits per heavy atom. The smallest absolute Gasteiger partial charge is 0.124 e. The van der Waals surface area contributed by atoms with Crippen LogP contribution in [-0.2, 0) is 0 Å². The first-order chi connectivity index (χ1) is 12.1. The van der Waals surface area contributed by atoms with E-state index in [4.69, 9.17) is 9.47 Å². The van der Waals surface area contributed by atoms with E-state index in [1.165, 1.54) is 12.1 Å². The standard InChI is InChI=1S/C21H20FNO2/c1-15-5-4-6-18(11-15)23(17-9-7-16(22)8-10-17)19-12-20(24-2)14-21(13-19)25-3/h4-14H,1-3H3. The van der Waals surface area contributed by atoms with Crippen LogP contribution in [0.3, 0.4) is 0 Å². The maximum atomic E-state index is 13.4. The summed E-state index contributed by atoms with van der Waals surface area (Å²) in [5.74, 6) is 1.11. The average molecular weight is 337 g/mol. The van der Waals surface area contributed by atoms with Gasteiger partial charge < -0.3 is 14.4 Å². The predicted octanol–water partition coefficient (Wildman–Crippen LogP) is 5.62. The van der Waals surface area contributed by atoms with Crippen LogP contribution in [0.25, 0.3) is 0 Å². The van der Waals surface area contributed by atoms with Gasteiger partial charge in [0.1, 0.15) is 17.3 Å². The minimum absolute atomic E-state index is 0.267. The first-order valence-electron chi connectivity index (χ1n) is 7.96. The van der Waals surface area contributed by atoms with Crippen molar-refractivity contribution in [3.8, 4) is 11.5 Å². The Bertz CT molecular complexity index is 840. The highest BCUT2D eigenvalue weighted by Gasteiger charge is 2.15. The van der Waals surface area contributed by atoms with Crippen LogP contribution in [0.2, 0.25) is 0 Å². The van der Waals surface area contributed by atoms with E-state index in [1.54, 1.807) is 26.4 Å². The summed E-state index contributed by atoms with van der Waals surface area (Å²) in [6, 6.07) is 20.2. The van der Waals surface area contributed by atoms with Gasteiger partial charge >= 0.3 is 0 Å². The number of hydrogen-bond donors (Lipinski definition) is 0. The lowest BCUT2D eigenvalue weighted by Gasteiger charge is -2.26. The first-order valence-corrected chi connectivity index (χ1v) is 7.96. The third kappa shape index (κ3) is 3.74. The Labute approximate surface area is 147 Å². The maximum absolute atomic E-state index is 13.4. The second-order valence-corrected chi connectivity index (χ2v) is 5.72. The van der Waals surface area contributed by atoms with Gasteiger partial charge in [-0.3, -0.25) is 0 Å². The predicted molar refractivity (Wildman–Crippen MR) is 98.9 cm³/mol. The van der Waals surface area contributed by atoms with Crippen molar-refractivity contribution in [3.05, 3.63) is 78.1 Å². The second-order valence-electron chi connectivity index (χ2n) is 5.72. The Morgan fingerprint density at radius 1 is 0.720 bits per heavy atom. The third-order valence-corrected chi connectivity index (χ3v) is 3.94. The molecule has 0 spiro atoms. The van der Waals surface area contributed by atoms with Crippen LogP contribution in [0.15, 0.2) is 66.7 Å². The summed E-state index contributed by atoms with van der Waals surface area (Å²) in [5.41, 5.74) is 3.83. The van der Waals surface area contributed by atoms with E-state index in [0.717, 1.165) is 22.6 Å². The van der Waals surface area contributed by atoms with Gasteiger partial charge in [-0.2, -0.15) is 0 Å². The lowest BCUT2D eigenvalue weighted by atomic mass is 10.1. The Morgan fingerprint density at radius 3 is 1.92 bits per heavy atom. The van der Waals surface area contributed by atoms with E-state index in [0.29, 0.717) is 11.5 Å². The lowest BCUT2D eigenvalue weighted by molar-refractivity contribution is 0.394. The molecular weight excluding hydrogens is 317 g/mol. The number of nitrogens with zero attached hydrogens (tertiary/aromatic N) is 1. The molecule has 0 saturated heterocycles. The van der Waals surface area contributed by atoms with E-state index in [2.05, 4.69) is 6.07 Å². The van der Waals surface area contributed by atoms with Gasteiger partial charge in [-0.25, -0.2) is 4.39 Å². The summed E-state index contributed by atoms with van der Waals surface area (Å²) in [4.78, 5) is 2.04. The van der Waals surface area contributed by atoms with Crippen molar-refractivity contribution >= 4 is 17.1 Å². The fourth-order valence-electron chi connectivity index (χ4n) is 2.73. The largest absolute Gasteiger partial charge is 0.497 e. The molecule has 0 bridgehead atoms. The van der Waals surface area contributed by atoms with Crippen molar-refractivity contribution in [2.45, 2.75) is 6.92 Å². The lowest BCUT2D eigenvalue weighted by Crippen LogP contribution is -2.10. The Kier molecular flexibility index (Phi) is 4.89. The molecule has 0 radical (unpaired) electrons. The van der Waals surface area contributed by atoms with Crippen molar-refractivity contribution in [2.75, 3.05) is 19.1 Å². The normalized spacial score (nSPS) is 10.4. The molecule has 0 N–H and O–H groups in total. The van der Waals surface area contributed by atoms with E-state index < -0.39 is 0 Å². The maximum Gasteiger partial charge on any atom is 0.124 e. The number of ether oxygens (including phenoxy) is 2. The molecule has 0 heterocycles. The SMILES string of the molecule is COc1cc(OC)cc(N(c2ccc(F)cc2)c2cccc(C)c2)c1. The zero-order chi connectivity index (χ0) is 17.8. The molecule has 3 rings (SSSR count). The number of methoxy groups -OCH3 is 2. The van der Waals surface area contributed by atoms with Crippen molar-refractivity contribution in [3.63, 3.8) is 0 Å². The number of hydrogen-bond acceptors (Lipinski definition) is 3. The van der Waals surface area contributed by atoms with Crippen LogP contribution >= 0.6 is 0 Å². The molecule has 3 nitrogen and oxygen atoms in total. The summed E-state index contributed by atoms with van der Waals surface area (Å²) in [7, 11) is 3.24. The third-order valence-electron chi connectivity index (χ3n) is 3.94. The molecule has 0 aliphatic rings. The van der Waals surface area contributed by atoms with E-state index >= 15 is 0 Å². The van der Waals surface area contributed by atoms with Gasteiger partial charge in [0.2, 0.25) is 0 Å².